The SMILES string of the molecule is CCCOc1cccn(CC(=O)Nc2ccc(OC)c(Cl)c2)c1=O. The van der Waals surface area contributed by atoms with Crippen LogP contribution in [0, 0.1) is 0 Å². The summed E-state index contributed by atoms with van der Waals surface area (Å²) in [6.07, 6.45) is 2.34. The predicted octanol–water partition coefficient (Wildman–Crippen LogP) is 2.94. The fourth-order valence-electron chi connectivity index (χ4n) is 2.06. The average Bonchev–Trinajstić information content (AvgIpc) is 2.56. The van der Waals surface area contributed by atoms with Crippen molar-refractivity contribution in [2.75, 3.05) is 19.0 Å². The monoisotopic (exact) mass is 350 g/mol. The molecule has 0 aliphatic rings. The third-order valence-corrected chi connectivity index (χ3v) is 3.49. The standard InChI is InChI=1S/C17H19ClN2O4/c1-3-9-24-15-5-4-8-20(17(15)22)11-16(21)19-12-6-7-14(23-2)13(18)10-12/h4-8,10H,3,9,11H2,1-2H3,(H,19,21). The maximum atomic E-state index is 12.2. The Hall–Kier alpha value is -2.47. The van der Waals surface area contributed by atoms with Gasteiger partial charge in [0.05, 0.1) is 18.7 Å². The minimum Gasteiger partial charge on any atom is -0.495 e. The molecule has 0 saturated heterocycles. The van der Waals surface area contributed by atoms with Crippen molar-refractivity contribution in [2.45, 2.75) is 19.9 Å². The summed E-state index contributed by atoms with van der Waals surface area (Å²) in [6.45, 7) is 2.29. The number of aromatic nitrogens is 1. The Balaban J connectivity index is 2.07. The van der Waals surface area contributed by atoms with Gasteiger partial charge in [0.1, 0.15) is 12.3 Å². The molecule has 0 atom stereocenters. The lowest BCUT2D eigenvalue weighted by molar-refractivity contribution is -0.116. The summed E-state index contributed by atoms with van der Waals surface area (Å²) < 4.78 is 11.7. The van der Waals surface area contributed by atoms with E-state index in [4.69, 9.17) is 21.1 Å². The number of nitrogens with one attached hydrogen (secondary N) is 1. The average molecular weight is 351 g/mol. The molecule has 0 spiro atoms. The maximum Gasteiger partial charge on any atom is 0.293 e. The van der Waals surface area contributed by atoms with Crippen LogP contribution in [-0.4, -0.2) is 24.2 Å². The van der Waals surface area contributed by atoms with Crippen LogP contribution in [0.15, 0.2) is 41.3 Å². The highest BCUT2D eigenvalue weighted by Crippen LogP contribution is 2.27. The summed E-state index contributed by atoms with van der Waals surface area (Å²) in [5.74, 6) is 0.414. The molecule has 1 aromatic heterocycles. The summed E-state index contributed by atoms with van der Waals surface area (Å²) in [6, 6.07) is 8.18. The third-order valence-electron chi connectivity index (χ3n) is 3.20. The first-order valence-electron chi connectivity index (χ1n) is 7.50. The van der Waals surface area contributed by atoms with Gasteiger partial charge < -0.3 is 19.4 Å². The lowest BCUT2D eigenvalue weighted by atomic mass is 10.3. The molecular weight excluding hydrogens is 332 g/mol. The van der Waals surface area contributed by atoms with Gasteiger partial charge in [0, 0.05) is 11.9 Å². The number of halogens is 1. The van der Waals surface area contributed by atoms with Crippen LogP contribution in [0.1, 0.15) is 13.3 Å². The Labute approximate surface area is 145 Å². The van der Waals surface area contributed by atoms with Crippen molar-refractivity contribution in [1.82, 2.24) is 4.57 Å². The fraction of sp³-hybridized carbons (Fsp3) is 0.294. The van der Waals surface area contributed by atoms with E-state index in [-0.39, 0.29) is 23.8 Å². The lowest BCUT2D eigenvalue weighted by Crippen LogP contribution is -2.28. The quantitative estimate of drug-likeness (QED) is 0.833. The summed E-state index contributed by atoms with van der Waals surface area (Å²) >= 11 is 6.02. The Morgan fingerprint density at radius 3 is 2.75 bits per heavy atom. The van der Waals surface area contributed by atoms with Crippen molar-refractivity contribution >= 4 is 23.2 Å². The van der Waals surface area contributed by atoms with E-state index >= 15 is 0 Å². The molecule has 2 aromatic rings. The van der Waals surface area contributed by atoms with E-state index in [1.807, 2.05) is 6.92 Å². The van der Waals surface area contributed by atoms with E-state index in [1.54, 1.807) is 36.5 Å². The molecule has 7 heteroatoms. The van der Waals surface area contributed by atoms with E-state index < -0.39 is 0 Å². The fourth-order valence-corrected chi connectivity index (χ4v) is 2.32. The molecule has 0 aliphatic heterocycles. The Morgan fingerprint density at radius 2 is 2.08 bits per heavy atom. The van der Waals surface area contributed by atoms with Crippen molar-refractivity contribution in [3.63, 3.8) is 0 Å². The molecule has 0 saturated carbocycles. The zero-order valence-electron chi connectivity index (χ0n) is 13.5. The molecule has 1 heterocycles. The van der Waals surface area contributed by atoms with Crippen LogP contribution >= 0.6 is 11.6 Å². The van der Waals surface area contributed by atoms with Gasteiger partial charge in [0.25, 0.3) is 5.56 Å². The van der Waals surface area contributed by atoms with Crippen LogP contribution in [0.2, 0.25) is 5.02 Å². The number of methoxy groups -OCH3 is 1. The molecule has 24 heavy (non-hydrogen) atoms. The number of anilines is 1. The Kier molecular flexibility index (Phi) is 6.26. The van der Waals surface area contributed by atoms with Crippen molar-refractivity contribution in [2.24, 2.45) is 0 Å². The van der Waals surface area contributed by atoms with Gasteiger partial charge in [-0.25, -0.2) is 0 Å². The van der Waals surface area contributed by atoms with Crippen molar-refractivity contribution in [1.29, 1.82) is 0 Å². The molecule has 0 radical (unpaired) electrons. The number of carbonyl (C=O) groups excluding carboxylic acids is 1. The van der Waals surface area contributed by atoms with Gasteiger partial charge in [-0.15, -0.1) is 0 Å². The molecule has 1 amide bonds. The van der Waals surface area contributed by atoms with Gasteiger partial charge in [-0.1, -0.05) is 18.5 Å². The van der Waals surface area contributed by atoms with E-state index in [0.29, 0.717) is 23.1 Å². The first-order chi connectivity index (χ1) is 11.5. The zero-order chi connectivity index (χ0) is 17.5. The number of benzene rings is 1. The number of rotatable bonds is 7. The normalized spacial score (nSPS) is 10.3. The highest BCUT2D eigenvalue weighted by molar-refractivity contribution is 6.32. The predicted molar refractivity (Wildman–Crippen MR) is 93.1 cm³/mol. The summed E-state index contributed by atoms with van der Waals surface area (Å²) in [4.78, 5) is 24.4. The van der Waals surface area contributed by atoms with E-state index in [0.717, 1.165) is 6.42 Å². The number of amides is 1. The molecule has 0 aliphatic carbocycles. The smallest absolute Gasteiger partial charge is 0.293 e. The topological polar surface area (TPSA) is 69.6 Å². The molecule has 0 unspecified atom stereocenters. The summed E-state index contributed by atoms with van der Waals surface area (Å²) in [5, 5.41) is 3.08. The van der Waals surface area contributed by atoms with Gasteiger partial charge in [0.15, 0.2) is 5.75 Å². The number of nitrogens with zero attached hydrogens (tertiary/aromatic N) is 1. The number of pyridine rings is 1. The Bertz CT molecular complexity index is 773. The van der Waals surface area contributed by atoms with Crippen molar-refractivity contribution in [3.8, 4) is 11.5 Å². The van der Waals surface area contributed by atoms with Crippen molar-refractivity contribution < 1.29 is 14.3 Å². The van der Waals surface area contributed by atoms with Crippen LogP contribution in [0.5, 0.6) is 11.5 Å². The number of hydrogen-bond donors (Lipinski definition) is 1. The lowest BCUT2D eigenvalue weighted by Gasteiger charge is -2.10. The molecule has 128 valence electrons. The zero-order valence-corrected chi connectivity index (χ0v) is 14.3. The molecule has 2 rings (SSSR count). The van der Waals surface area contributed by atoms with Crippen LogP contribution in [0.25, 0.3) is 0 Å². The highest BCUT2D eigenvalue weighted by Gasteiger charge is 2.10. The largest absolute Gasteiger partial charge is 0.495 e. The van der Waals surface area contributed by atoms with Gasteiger partial charge in [-0.05, 0) is 36.8 Å². The number of ether oxygens (including phenoxy) is 2. The highest BCUT2D eigenvalue weighted by atomic mass is 35.5. The molecule has 1 aromatic carbocycles. The number of hydrogen-bond acceptors (Lipinski definition) is 4. The molecule has 1 N–H and O–H groups in total. The second-order valence-corrected chi connectivity index (χ2v) is 5.46. The van der Waals surface area contributed by atoms with Gasteiger partial charge in [-0.2, -0.15) is 0 Å². The minimum absolute atomic E-state index is 0.119. The van der Waals surface area contributed by atoms with E-state index in [9.17, 15) is 9.59 Å². The summed E-state index contributed by atoms with van der Waals surface area (Å²) in [5.41, 5.74) is 0.186. The Morgan fingerprint density at radius 1 is 1.29 bits per heavy atom. The molecule has 6 nitrogen and oxygen atoms in total. The molecule has 0 fully saturated rings. The second-order valence-electron chi connectivity index (χ2n) is 5.05. The van der Waals surface area contributed by atoms with Crippen LogP contribution in [0.4, 0.5) is 5.69 Å². The first kappa shape index (κ1) is 17.9. The van der Waals surface area contributed by atoms with Gasteiger partial charge >= 0.3 is 0 Å². The maximum absolute atomic E-state index is 12.2. The van der Waals surface area contributed by atoms with E-state index in [2.05, 4.69) is 5.32 Å². The molecular formula is C17H19ClN2O4. The summed E-state index contributed by atoms with van der Waals surface area (Å²) in [7, 11) is 1.51. The van der Waals surface area contributed by atoms with Gasteiger partial charge in [0.2, 0.25) is 5.91 Å². The van der Waals surface area contributed by atoms with E-state index in [1.165, 1.54) is 11.7 Å². The second kappa shape index (κ2) is 8.40. The molecule has 0 bridgehead atoms. The third kappa shape index (κ3) is 4.52. The van der Waals surface area contributed by atoms with Gasteiger partial charge in [-0.3, -0.25) is 9.59 Å². The van der Waals surface area contributed by atoms with Crippen LogP contribution in [0.3, 0.4) is 0 Å². The van der Waals surface area contributed by atoms with Crippen LogP contribution < -0.4 is 20.3 Å². The number of carbonyl (C=O) groups is 1. The van der Waals surface area contributed by atoms with Crippen molar-refractivity contribution in [3.05, 3.63) is 51.9 Å². The van der Waals surface area contributed by atoms with Crippen LogP contribution in [-0.2, 0) is 11.3 Å². The first-order valence-corrected chi connectivity index (χ1v) is 7.88. The minimum atomic E-state index is -0.342.